The highest BCUT2D eigenvalue weighted by Gasteiger charge is 2.38. The summed E-state index contributed by atoms with van der Waals surface area (Å²) in [6.07, 6.45) is 8.44. The van der Waals surface area contributed by atoms with Crippen LogP contribution in [0.4, 0.5) is 5.13 Å². The van der Waals surface area contributed by atoms with E-state index in [1.165, 1.54) is 43.6 Å². The quantitative estimate of drug-likeness (QED) is 0.889. The Labute approximate surface area is 112 Å². The molecule has 0 atom stereocenters. The van der Waals surface area contributed by atoms with Crippen molar-refractivity contribution >= 4 is 16.7 Å². The third-order valence-corrected chi connectivity index (χ3v) is 4.47. The standard InChI is InChI=1S/C13H21N3OS/c1-2-17-13(8-4-3-5-9-13)11-15-12(18-16-11)14-10-6-7-10/h10H,2-9H2,1H3,(H,14,15,16). The van der Waals surface area contributed by atoms with Crippen molar-refractivity contribution in [1.29, 1.82) is 0 Å². The normalized spacial score (nSPS) is 22.9. The van der Waals surface area contributed by atoms with E-state index >= 15 is 0 Å². The van der Waals surface area contributed by atoms with Crippen molar-refractivity contribution in [2.45, 2.75) is 63.5 Å². The number of hydrogen-bond donors (Lipinski definition) is 1. The molecule has 0 aliphatic heterocycles. The zero-order valence-electron chi connectivity index (χ0n) is 10.9. The van der Waals surface area contributed by atoms with Gasteiger partial charge >= 0.3 is 0 Å². The third kappa shape index (κ3) is 2.52. The minimum Gasteiger partial charge on any atom is -0.367 e. The van der Waals surface area contributed by atoms with Crippen LogP contribution in [0.25, 0.3) is 0 Å². The van der Waals surface area contributed by atoms with Gasteiger partial charge < -0.3 is 10.1 Å². The molecule has 0 radical (unpaired) electrons. The number of hydrogen-bond acceptors (Lipinski definition) is 5. The third-order valence-electron chi connectivity index (χ3n) is 3.82. The minimum absolute atomic E-state index is 0.201. The van der Waals surface area contributed by atoms with E-state index in [9.17, 15) is 0 Å². The Morgan fingerprint density at radius 2 is 2.11 bits per heavy atom. The lowest BCUT2D eigenvalue weighted by Gasteiger charge is -2.34. The van der Waals surface area contributed by atoms with Gasteiger partial charge in [0.1, 0.15) is 5.60 Å². The van der Waals surface area contributed by atoms with Gasteiger partial charge in [0.15, 0.2) is 5.82 Å². The molecule has 18 heavy (non-hydrogen) atoms. The van der Waals surface area contributed by atoms with Crippen LogP contribution in [0.1, 0.15) is 57.7 Å². The minimum atomic E-state index is -0.201. The van der Waals surface area contributed by atoms with E-state index in [2.05, 4.69) is 21.6 Å². The predicted molar refractivity (Wildman–Crippen MR) is 72.9 cm³/mol. The number of nitrogens with zero attached hydrogens (tertiary/aromatic N) is 2. The maximum atomic E-state index is 6.04. The summed E-state index contributed by atoms with van der Waals surface area (Å²) in [6, 6.07) is 0.639. The van der Waals surface area contributed by atoms with E-state index in [-0.39, 0.29) is 5.60 Å². The van der Waals surface area contributed by atoms with Crippen LogP contribution in [0.5, 0.6) is 0 Å². The second kappa shape index (κ2) is 5.13. The lowest BCUT2D eigenvalue weighted by molar-refractivity contribution is -0.0758. The Bertz CT molecular complexity index is 391. The smallest absolute Gasteiger partial charge is 0.202 e. The van der Waals surface area contributed by atoms with Crippen LogP contribution < -0.4 is 5.32 Å². The SMILES string of the molecule is CCOC1(c2nsc(NC3CC3)n2)CCCCC1. The van der Waals surface area contributed by atoms with Crippen molar-refractivity contribution in [3.8, 4) is 0 Å². The van der Waals surface area contributed by atoms with Crippen LogP contribution in [-0.4, -0.2) is 22.0 Å². The highest BCUT2D eigenvalue weighted by molar-refractivity contribution is 7.09. The largest absolute Gasteiger partial charge is 0.367 e. The molecule has 0 bridgehead atoms. The molecular weight excluding hydrogens is 246 g/mol. The van der Waals surface area contributed by atoms with Crippen molar-refractivity contribution in [1.82, 2.24) is 9.36 Å². The summed E-state index contributed by atoms with van der Waals surface area (Å²) in [4.78, 5) is 4.68. The van der Waals surface area contributed by atoms with Gasteiger partial charge in [-0.05, 0) is 32.6 Å². The molecule has 2 aliphatic carbocycles. The molecule has 5 heteroatoms. The highest BCUT2D eigenvalue weighted by Crippen LogP contribution is 2.40. The molecule has 2 saturated carbocycles. The fourth-order valence-electron chi connectivity index (χ4n) is 2.70. The van der Waals surface area contributed by atoms with Gasteiger partial charge in [-0.15, -0.1) is 0 Å². The molecule has 1 aromatic rings. The maximum Gasteiger partial charge on any atom is 0.202 e. The van der Waals surface area contributed by atoms with Gasteiger partial charge in [-0.3, -0.25) is 0 Å². The second-order valence-corrected chi connectivity index (χ2v) is 6.08. The van der Waals surface area contributed by atoms with Gasteiger partial charge in [0.2, 0.25) is 5.13 Å². The lowest BCUT2D eigenvalue weighted by Crippen LogP contribution is -2.33. The first kappa shape index (κ1) is 12.4. The first-order chi connectivity index (χ1) is 8.82. The summed E-state index contributed by atoms with van der Waals surface area (Å²) < 4.78 is 10.6. The van der Waals surface area contributed by atoms with E-state index in [0.717, 1.165) is 30.4 Å². The van der Waals surface area contributed by atoms with Crippen LogP contribution >= 0.6 is 11.5 Å². The monoisotopic (exact) mass is 267 g/mol. The van der Waals surface area contributed by atoms with Crippen molar-refractivity contribution < 1.29 is 4.74 Å². The van der Waals surface area contributed by atoms with Gasteiger partial charge in [0.05, 0.1) is 0 Å². The highest BCUT2D eigenvalue weighted by atomic mass is 32.1. The Balaban J connectivity index is 1.77. The van der Waals surface area contributed by atoms with Crippen molar-refractivity contribution in [3.05, 3.63) is 5.82 Å². The number of ether oxygens (including phenoxy) is 1. The van der Waals surface area contributed by atoms with Gasteiger partial charge in [-0.1, -0.05) is 19.3 Å². The van der Waals surface area contributed by atoms with Crippen LogP contribution in [0, 0.1) is 0 Å². The fourth-order valence-corrected chi connectivity index (χ4v) is 3.43. The van der Waals surface area contributed by atoms with Crippen molar-refractivity contribution in [2.24, 2.45) is 0 Å². The molecule has 0 unspecified atom stereocenters. The first-order valence-corrected chi connectivity index (χ1v) is 7.84. The number of nitrogens with one attached hydrogen (secondary N) is 1. The molecule has 0 aromatic carbocycles. The molecule has 0 spiro atoms. The van der Waals surface area contributed by atoms with Crippen molar-refractivity contribution in [3.63, 3.8) is 0 Å². The van der Waals surface area contributed by atoms with Gasteiger partial charge in [0, 0.05) is 24.2 Å². The maximum absolute atomic E-state index is 6.04. The lowest BCUT2D eigenvalue weighted by atomic mass is 9.84. The molecule has 1 N–H and O–H groups in total. The van der Waals surface area contributed by atoms with E-state index in [4.69, 9.17) is 4.74 Å². The number of aromatic nitrogens is 2. The summed E-state index contributed by atoms with van der Waals surface area (Å²) in [5.41, 5.74) is -0.201. The molecule has 1 heterocycles. The average Bonchev–Trinajstić information content (AvgIpc) is 3.06. The summed E-state index contributed by atoms with van der Waals surface area (Å²) >= 11 is 1.48. The van der Waals surface area contributed by atoms with E-state index < -0.39 is 0 Å². The first-order valence-electron chi connectivity index (χ1n) is 7.07. The van der Waals surface area contributed by atoms with Crippen LogP contribution in [-0.2, 0) is 10.3 Å². The Kier molecular flexibility index (Phi) is 3.52. The molecule has 4 nitrogen and oxygen atoms in total. The van der Waals surface area contributed by atoms with Gasteiger partial charge in [0.25, 0.3) is 0 Å². The molecule has 2 aliphatic rings. The summed E-state index contributed by atoms with van der Waals surface area (Å²) in [5, 5.41) is 4.39. The van der Waals surface area contributed by atoms with E-state index in [1.807, 2.05) is 0 Å². The summed E-state index contributed by atoms with van der Waals surface area (Å²) in [7, 11) is 0. The molecule has 3 rings (SSSR count). The van der Waals surface area contributed by atoms with Gasteiger partial charge in [-0.2, -0.15) is 4.37 Å². The number of rotatable bonds is 5. The predicted octanol–water partition coefficient (Wildman–Crippen LogP) is 3.31. The van der Waals surface area contributed by atoms with E-state index in [0.29, 0.717) is 6.04 Å². The zero-order valence-corrected chi connectivity index (χ0v) is 11.8. The fraction of sp³-hybridized carbons (Fsp3) is 0.846. The van der Waals surface area contributed by atoms with Gasteiger partial charge in [-0.25, -0.2) is 4.98 Å². The molecular formula is C13H21N3OS. The topological polar surface area (TPSA) is 47.0 Å². The molecule has 0 saturated heterocycles. The number of anilines is 1. The second-order valence-electron chi connectivity index (χ2n) is 5.33. The Morgan fingerprint density at radius 1 is 1.33 bits per heavy atom. The van der Waals surface area contributed by atoms with E-state index in [1.54, 1.807) is 0 Å². The zero-order chi connectivity index (χ0) is 12.4. The average molecular weight is 267 g/mol. The van der Waals surface area contributed by atoms with Crippen LogP contribution in [0.15, 0.2) is 0 Å². The molecule has 0 amide bonds. The van der Waals surface area contributed by atoms with Crippen LogP contribution in [0.2, 0.25) is 0 Å². The molecule has 2 fully saturated rings. The Morgan fingerprint density at radius 3 is 2.78 bits per heavy atom. The summed E-state index contributed by atoms with van der Waals surface area (Å²) in [6.45, 7) is 2.80. The summed E-state index contributed by atoms with van der Waals surface area (Å²) in [5.74, 6) is 0.914. The molecule has 100 valence electrons. The molecule has 1 aromatic heterocycles. The van der Waals surface area contributed by atoms with Crippen LogP contribution in [0.3, 0.4) is 0 Å². The van der Waals surface area contributed by atoms with Crippen molar-refractivity contribution in [2.75, 3.05) is 11.9 Å². The Hall–Kier alpha value is -0.680.